The summed E-state index contributed by atoms with van der Waals surface area (Å²) >= 11 is 1.36. The number of hydrogen-bond acceptors (Lipinski definition) is 6. The molecule has 2 aliphatic heterocycles. The average Bonchev–Trinajstić information content (AvgIpc) is 3.09. The second-order valence-electron chi connectivity index (χ2n) is 5.78. The predicted octanol–water partition coefficient (Wildman–Crippen LogP) is 2.87. The van der Waals surface area contributed by atoms with E-state index in [1.165, 1.54) is 11.8 Å². The van der Waals surface area contributed by atoms with Crippen molar-refractivity contribution in [3.63, 3.8) is 0 Å². The zero-order valence-electron chi connectivity index (χ0n) is 13.9. The fourth-order valence-corrected chi connectivity index (χ4v) is 3.88. The van der Waals surface area contributed by atoms with E-state index in [0.717, 1.165) is 10.6 Å². The molecule has 8 heteroatoms. The van der Waals surface area contributed by atoms with Crippen molar-refractivity contribution in [2.45, 2.75) is 16.6 Å². The molecule has 0 saturated carbocycles. The second kappa shape index (κ2) is 6.80. The van der Waals surface area contributed by atoms with Crippen LogP contribution in [0.3, 0.4) is 0 Å². The van der Waals surface area contributed by atoms with Gasteiger partial charge in [0.2, 0.25) is 18.6 Å². The summed E-state index contributed by atoms with van der Waals surface area (Å²) in [6.45, 7) is 0.175. The Morgan fingerprint density at radius 2 is 2.12 bits per heavy atom. The molecule has 0 fully saturated rings. The first kappa shape index (κ1) is 16.6. The number of amides is 2. The standard InChI is InChI=1S/C18H16N2O5S/c1-23-11-3-4-12-15(7-11)26-16(18(22)20-12)8-17(21)19-10-2-5-13-14(6-10)25-9-24-13/h2-7,16H,8-9H2,1H3,(H,19,21)(H,20,22). The number of hydrogen-bond donors (Lipinski definition) is 2. The van der Waals surface area contributed by atoms with Crippen LogP contribution in [-0.4, -0.2) is 31.0 Å². The topological polar surface area (TPSA) is 85.9 Å². The Morgan fingerprint density at radius 1 is 1.27 bits per heavy atom. The van der Waals surface area contributed by atoms with Crippen molar-refractivity contribution >= 4 is 35.0 Å². The van der Waals surface area contributed by atoms with Gasteiger partial charge in [0.1, 0.15) is 5.75 Å². The number of fused-ring (bicyclic) bond motifs is 2. The third-order valence-electron chi connectivity index (χ3n) is 4.04. The molecule has 1 unspecified atom stereocenters. The summed E-state index contributed by atoms with van der Waals surface area (Å²) in [7, 11) is 1.59. The molecule has 0 aromatic heterocycles. The molecule has 4 rings (SSSR count). The lowest BCUT2D eigenvalue weighted by molar-refractivity contribution is -0.120. The summed E-state index contributed by atoms with van der Waals surface area (Å²) in [5.41, 5.74) is 1.33. The van der Waals surface area contributed by atoms with Crippen molar-refractivity contribution in [2.75, 3.05) is 24.5 Å². The van der Waals surface area contributed by atoms with E-state index in [9.17, 15) is 9.59 Å². The lowest BCUT2D eigenvalue weighted by atomic mass is 10.2. The van der Waals surface area contributed by atoms with Gasteiger partial charge in [-0.25, -0.2) is 0 Å². The van der Waals surface area contributed by atoms with Crippen LogP contribution in [0.5, 0.6) is 17.2 Å². The second-order valence-corrected chi connectivity index (χ2v) is 7.02. The maximum Gasteiger partial charge on any atom is 0.238 e. The number of carbonyl (C=O) groups is 2. The highest BCUT2D eigenvalue weighted by atomic mass is 32.2. The first-order valence-electron chi connectivity index (χ1n) is 7.97. The highest BCUT2D eigenvalue weighted by Gasteiger charge is 2.29. The molecule has 1 atom stereocenters. The summed E-state index contributed by atoms with van der Waals surface area (Å²) < 4.78 is 15.8. The number of thioether (sulfide) groups is 1. The van der Waals surface area contributed by atoms with Gasteiger partial charge in [-0.3, -0.25) is 9.59 Å². The Labute approximate surface area is 154 Å². The van der Waals surface area contributed by atoms with Gasteiger partial charge in [-0.05, 0) is 30.3 Å². The summed E-state index contributed by atoms with van der Waals surface area (Å²) in [5, 5.41) is 5.12. The molecule has 134 valence electrons. The highest BCUT2D eigenvalue weighted by Crippen LogP contribution is 2.39. The van der Waals surface area contributed by atoms with Crippen LogP contribution in [-0.2, 0) is 9.59 Å². The molecule has 2 aromatic carbocycles. The van der Waals surface area contributed by atoms with E-state index in [1.54, 1.807) is 37.4 Å². The Bertz CT molecular complexity index is 886. The van der Waals surface area contributed by atoms with Crippen LogP contribution < -0.4 is 24.8 Å². The summed E-state index contributed by atoms with van der Waals surface area (Å²) in [4.78, 5) is 25.5. The number of ether oxygens (including phenoxy) is 3. The van der Waals surface area contributed by atoms with Crippen molar-refractivity contribution in [1.82, 2.24) is 0 Å². The lowest BCUT2D eigenvalue weighted by Gasteiger charge is -2.24. The minimum Gasteiger partial charge on any atom is -0.497 e. The number of carbonyl (C=O) groups excluding carboxylic acids is 2. The van der Waals surface area contributed by atoms with Crippen molar-refractivity contribution in [3.05, 3.63) is 36.4 Å². The van der Waals surface area contributed by atoms with Gasteiger partial charge in [0.15, 0.2) is 11.5 Å². The van der Waals surface area contributed by atoms with Crippen molar-refractivity contribution in [2.24, 2.45) is 0 Å². The fourth-order valence-electron chi connectivity index (χ4n) is 2.74. The number of methoxy groups -OCH3 is 1. The molecule has 2 heterocycles. The van der Waals surface area contributed by atoms with E-state index >= 15 is 0 Å². The number of nitrogens with one attached hydrogen (secondary N) is 2. The SMILES string of the molecule is COc1ccc2c(c1)SC(CC(=O)Nc1ccc3c(c1)OCO3)C(=O)N2. The van der Waals surface area contributed by atoms with Gasteiger partial charge >= 0.3 is 0 Å². The first-order valence-corrected chi connectivity index (χ1v) is 8.85. The molecule has 0 saturated heterocycles. The third-order valence-corrected chi connectivity index (χ3v) is 5.29. The van der Waals surface area contributed by atoms with Crippen LogP contribution in [0.4, 0.5) is 11.4 Å². The third kappa shape index (κ3) is 3.28. The molecule has 0 aliphatic carbocycles. The molecule has 0 spiro atoms. The van der Waals surface area contributed by atoms with E-state index in [0.29, 0.717) is 22.9 Å². The predicted molar refractivity (Wildman–Crippen MR) is 97.1 cm³/mol. The van der Waals surface area contributed by atoms with Crippen LogP contribution in [0.25, 0.3) is 0 Å². The van der Waals surface area contributed by atoms with Crippen LogP contribution in [0.1, 0.15) is 6.42 Å². The zero-order valence-corrected chi connectivity index (χ0v) is 14.7. The normalized spacial score (nSPS) is 17.3. The average molecular weight is 372 g/mol. The van der Waals surface area contributed by atoms with Gasteiger partial charge in [-0.15, -0.1) is 11.8 Å². The van der Waals surface area contributed by atoms with Gasteiger partial charge in [-0.1, -0.05) is 0 Å². The molecule has 0 radical (unpaired) electrons. The minimum absolute atomic E-state index is 0.0571. The minimum atomic E-state index is -0.511. The first-order chi connectivity index (χ1) is 12.6. The largest absolute Gasteiger partial charge is 0.497 e. The Morgan fingerprint density at radius 3 is 2.96 bits per heavy atom. The van der Waals surface area contributed by atoms with Gasteiger partial charge in [0.25, 0.3) is 0 Å². The Balaban J connectivity index is 1.43. The Hall–Kier alpha value is -2.87. The quantitative estimate of drug-likeness (QED) is 0.858. The van der Waals surface area contributed by atoms with Crippen LogP contribution in [0.15, 0.2) is 41.3 Å². The molecule has 2 N–H and O–H groups in total. The summed E-state index contributed by atoms with van der Waals surface area (Å²) in [5.74, 6) is 1.51. The lowest BCUT2D eigenvalue weighted by Crippen LogP contribution is -2.32. The van der Waals surface area contributed by atoms with Crippen molar-refractivity contribution in [3.8, 4) is 17.2 Å². The van der Waals surface area contributed by atoms with Gasteiger partial charge in [0, 0.05) is 23.1 Å². The number of anilines is 2. The van der Waals surface area contributed by atoms with Crippen molar-refractivity contribution < 1.29 is 23.8 Å². The molecular formula is C18H16N2O5S. The van der Waals surface area contributed by atoms with Gasteiger partial charge in [0.05, 0.1) is 18.0 Å². The molecule has 2 amide bonds. The molecule has 2 aromatic rings. The number of benzene rings is 2. The molecule has 0 bridgehead atoms. The van der Waals surface area contributed by atoms with E-state index in [4.69, 9.17) is 14.2 Å². The van der Waals surface area contributed by atoms with Crippen molar-refractivity contribution in [1.29, 1.82) is 0 Å². The fraction of sp³-hybridized carbons (Fsp3) is 0.222. The number of rotatable bonds is 4. The highest BCUT2D eigenvalue weighted by molar-refractivity contribution is 8.01. The maximum absolute atomic E-state index is 12.4. The molecule has 2 aliphatic rings. The zero-order chi connectivity index (χ0) is 18.1. The smallest absolute Gasteiger partial charge is 0.238 e. The van der Waals surface area contributed by atoms with E-state index in [-0.39, 0.29) is 25.0 Å². The monoisotopic (exact) mass is 372 g/mol. The van der Waals surface area contributed by atoms with Gasteiger partial charge < -0.3 is 24.8 Å². The van der Waals surface area contributed by atoms with E-state index in [2.05, 4.69) is 10.6 Å². The van der Waals surface area contributed by atoms with E-state index < -0.39 is 5.25 Å². The van der Waals surface area contributed by atoms with Crippen LogP contribution >= 0.6 is 11.8 Å². The van der Waals surface area contributed by atoms with Crippen LogP contribution in [0, 0.1) is 0 Å². The van der Waals surface area contributed by atoms with Crippen LogP contribution in [0.2, 0.25) is 0 Å². The van der Waals surface area contributed by atoms with Gasteiger partial charge in [-0.2, -0.15) is 0 Å². The summed E-state index contributed by atoms with van der Waals surface area (Å²) in [6, 6.07) is 10.6. The molecule has 26 heavy (non-hydrogen) atoms. The molecule has 7 nitrogen and oxygen atoms in total. The maximum atomic E-state index is 12.4. The summed E-state index contributed by atoms with van der Waals surface area (Å²) in [6.07, 6.45) is 0.0571. The Kier molecular flexibility index (Phi) is 4.34. The molecular weight excluding hydrogens is 356 g/mol. The van der Waals surface area contributed by atoms with E-state index in [1.807, 2.05) is 6.07 Å².